The van der Waals surface area contributed by atoms with E-state index in [0.29, 0.717) is 5.92 Å². The number of hydrogen-bond acceptors (Lipinski definition) is 1. The molecule has 1 aliphatic carbocycles. The van der Waals surface area contributed by atoms with Gasteiger partial charge in [0.25, 0.3) is 0 Å². The average molecular weight is 207 g/mol. The van der Waals surface area contributed by atoms with Gasteiger partial charge in [0.05, 0.1) is 0 Å². The maximum atomic E-state index is 12.8. The number of hydrogen-bond donors (Lipinski definition) is 1. The topological polar surface area (TPSA) is 26.0 Å². The van der Waals surface area contributed by atoms with Crippen molar-refractivity contribution in [3.05, 3.63) is 35.6 Å². The second-order valence-corrected chi connectivity index (χ2v) is 4.69. The van der Waals surface area contributed by atoms with Crippen LogP contribution in [0.4, 0.5) is 4.39 Å². The van der Waals surface area contributed by atoms with Gasteiger partial charge in [-0.3, -0.25) is 0 Å². The molecule has 1 aliphatic rings. The smallest absolute Gasteiger partial charge is 0.123 e. The molecular formula is C13H18FN. The molecule has 1 fully saturated rings. The zero-order valence-electron chi connectivity index (χ0n) is 9.17. The van der Waals surface area contributed by atoms with Crippen LogP contribution in [0, 0.1) is 11.7 Å². The van der Waals surface area contributed by atoms with Gasteiger partial charge in [-0.25, -0.2) is 4.39 Å². The van der Waals surface area contributed by atoms with Gasteiger partial charge in [0.2, 0.25) is 0 Å². The lowest BCUT2D eigenvalue weighted by atomic mass is 9.70. The van der Waals surface area contributed by atoms with Gasteiger partial charge in [-0.2, -0.15) is 0 Å². The summed E-state index contributed by atoms with van der Waals surface area (Å²) in [7, 11) is 0. The molecule has 0 radical (unpaired) electrons. The summed E-state index contributed by atoms with van der Waals surface area (Å²) in [6.07, 6.45) is 4.63. The third-order valence-corrected chi connectivity index (χ3v) is 3.74. The van der Waals surface area contributed by atoms with Crippen molar-refractivity contribution in [1.29, 1.82) is 0 Å². The van der Waals surface area contributed by atoms with E-state index in [4.69, 9.17) is 5.73 Å². The van der Waals surface area contributed by atoms with Crippen LogP contribution in [0.1, 0.15) is 38.2 Å². The first-order valence-electron chi connectivity index (χ1n) is 5.68. The molecule has 2 heteroatoms. The van der Waals surface area contributed by atoms with E-state index >= 15 is 0 Å². The molecular weight excluding hydrogens is 189 g/mol. The molecule has 2 N–H and O–H groups in total. The van der Waals surface area contributed by atoms with Gasteiger partial charge in [-0.05, 0) is 36.5 Å². The Morgan fingerprint density at radius 1 is 1.27 bits per heavy atom. The number of halogens is 1. The standard InChI is InChI=1S/C13H18FN/c1-10-4-2-3-9-13(10,15)11-5-7-12(14)8-6-11/h5-8,10H,2-4,9,15H2,1H3. The minimum absolute atomic E-state index is 0.189. The van der Waals surface area contributed by atoms with Crippen molar-refractivity contribution in [1.82, 2.24) is 0 Å². The maximum Gasteiger partial charge on any atom is 0.123 e. The lowest BCUT2D eigenvalue weighted by Gasteiger charge is -2.40. The minimum Gasteiger partial charge on any atom is -0.321 e. The van der Waals surface area contributed by atoms with Crippen molar-refractivity contribution < 1.29 is 4.39 Å². The van der Waals surface area contributed by atoms with Crippen molar-refractivity contribution in [2.45, 2.75) is 38.1 Å². The van der Waals surface area contributed by atoms with E-state index in [1.165, 1.54) is 31.4 Å². The monoisotopic (exact) mass is 207 g/mol. The van der Waals surface area contributed by atoms with Crippen LogP contribution in [0.3, 0.4) is 0 Å². The summed E-state index contributed by atoms with van der Waals surface area (Å²) in [5, 5.41) is 0. The predicted octanol–water partition coefficient (Wildman–Crippen LogP) is 3.19. The summed E-state index contributed by atoms with van der Waals surface area (Å²) in [6, 6.07) is 6.67. The second-order valence-electron chi connectivity index (χ2n) is 4.69. The molecule has 2 rings (SSSR count). The summed E-state index contributed by atoms with van der Waals surface area (Å²) < 4.78 is 12.8. The first kappa shape index (κ1) is 10.6. The first-order valence-corrected chi connectivity index (χ1v) is 5.68. The summed E-state index contributed by atoms with van der Waals surface area (Å²) in [5.41, 5.74) is 7.29. The molecule has 15 heavy (non-hydrogen) atoms. The van der Waals surface area contributed by atoms with Crippen LogP contribution in [0.5, 0.6) is 0 Å². The Morgan fingerprint density at radius 2 is 1.93 bits per heavy atom. The normalized spacial score (nSPS) is 31.5. The van der Waals surface area contributed by atoms with Crippen LogP contribution < -0.4 is 5.73 Å². The molecule has 0 saturated heterocycles. The Bertz CT molecular complexity index is 333. The highest BCUT2D eigenvalue weighted by atomic mass is 19.1. The summed E-state index contributed by atoms with van der Waals surface area (Å²) in [6.45, 7) is 2.20. The molecule has 2 unspecified atom stereocenters. The zero-order chi connectivity index (χ0) is 10.9. The third-order valence-electron chi connectivity index (χ3n) is 3.74. The maximum absolute atomic E-state index is 12.8. The molecule has 0 bridgehead atoms. The molecule has 1 aromatic rings. The van der Waals surface area contributed by atoms with E-state index in [-0.39, 0.29) is 11.4 Å². The molecule has 0 aliphatic heterocycles. The Kier molecular flexibility index (Phi) is 2.79. The average Bonchev–Trinajstić information content (AvgIpc) is 2.23. The van der Waals surface area contributed by atoms with Crippen molar-refractivity contribution in [3.63, 3.8) is 0 Å². The second kappa shape index (κ2) is 3.93. The van der Waals surface area contributed by atoms with E-state index in [1.54, 1.807) is 0 Å². The van der Waals surface area contributed by atoms with Crippen molar-refractivity contribution >= 4 is 0 Å². The number of rotatable bonds is 1. The molecule has 82 valence electrons. The van der Waals surface area contributed by atoms with E-state index in [2.05, 4.69) is 6.92 Å². The molecule has 0 amide bonds. The quantitative estimate of drug-likeness (QED) is 0.752. The SMILES string of the molecule is CC1CCCCC1(N)c1ccc(F)cc1. The summed E-state index contributed by atoms with van der Waals surface area (Å²) in [5.74, 6) is 0.294. The van der Waals surface area contributed by atoms with Crippen LogP contribution in [0.2, 0.25) is 0 Å². The Balaban J connectivity index is 2.30. The Morgan fingerprint density at radius 3 is 2.53 bits per heavy atom. The van der Waals surface area contributed by atoms with E-state index in [1.807, 2.05) is 12.1 Å². The van der Waals surface area contributed by atoms with Crippen LogP contribution in [-0.4, -0.2) is 0 Å². The third kappa shape index (κ3) is 1.91. The number of benzene rings is 1. The van der Waals surface area contributed by atoms with Crippen molar-refractivity contribution in [3.8, 4) is 0 Å². The van der Waals surface area contributed by atoms with Gasteiger partial charge in [-0.15, -0.1) is 0 Å². The fourth-order valence-electron chi connectivity index (χ4n) is 2.56. The van der Waals surface area contributed by atoms with E-state index in [0.717, 1.165) is 12.0 Å². The molecule has 1 nitrogen and oxygen atoms in total. The van der Waals surface area contributed by atoms with Crippen molar-refractivity contribution in [2.24, 2.45) is 11.7 Å². The van der Waals surface area contributed by atoms with Crippen LogP contribution in [0.15, 0.2) is 24.3 Å². The lowest BCUT2D eigenvalue weighted by Crippen LogP contribution is -2.45. The van der Waals surface area contributed by atoms with Crippen LogP contribution in [-0.2, 0) is 5.54 Å². The molecule has 1 aromatic carbocycles. The molecule has 0 spiro atoms. The van der Waals surface area contributed by atoms with E-state index < -0.39 is 0 Å². The lowest BCUT2D eigenvalue weighted by molar-refractivity contribution is 0.207. The molecule has 1 saturated carbocycles. The van der Waals surface area contributed by atoms with Gasteiger partial charge in [0.1, 0.15) is 5.82 Å². The van der Waals surface area contributed by atoms with Gasteiger partial charge in [0.15, 0.2) is 0 Å². The fraction of sp³-hybridized carbons (Fsp3) is 0.538. The van der Waals surface area contributed by atoms with Crippen molar-refractivity contribution in [2.75, 3.05) is 0 Å². The first-order chi connectivity index (χ1) is 7.13. The fourth-order valence-corrected chi connectivity index (χ4v) is 2.56. The largest absolute Gasteiger partial charge is 0.321 e. The van der Waals surface area contributed by atoms with Gasteiger partial charge in [-0.1, -0.05) is 31.9 Å². The summed E-state index contributed by atoms with van der Waals surface area (Å²) >= 11 is 0. The van der Waals surface area contributed by atoms with Crippen LogP contribution >= 0.6 is 0 Å². The van der Waals surface area contributed by atoms with Gasteiger partial charge >= 0.3 is 0 Å². The molecule has 0 heterocycles. The zero-order valence-corrected chi connectivity index (χ0v) is 9.17. The van der Waals surface area contributed by atoms with Crippen LogP contribution in [0.25, 0.3) is 0 Å². The summed E-state index contributed by atoms with van der Waals surface area (Å²) in [4.78, 5) is 0. The van der Waals surface area contributed by atoms with Gasteiger partial charge < -0.3 is 5.73 Å². The number of nitrogens with two attached hydrogens (primary N) is 1. The molecule has 0 aromatic heterocycles. The highest BCUT2D eigenvalue weighted by molar-refractivity contribution is 5.26. The minimum atomic E-state index is -0.244. The highest BCUT2D eigenvalue weighted by Gasteiger charge is 2.35. The Hall–Kier alpha value is -0.890. The highest BCUT2D eigenvalue weighted by Crippen LogP contribution is 2.39. The Labute approximate surface area is 90.5 Å². The predicted molar refractivity (Wildman–Crippen MR) is 59.9 cm³/mol. The van der Waals surface area contributed by atoms with E-state index in [9.17, 15) is 4.39 Å². The van der Waals surface area contributed by atoms with Gasteiger partial charge in [0, 0.05) is 5.54 Å². The molecule has 2 atom stereocenters.